The number of nitrogens with zero attached hydrogens (tertiary/aromatic N) is 3. The van der Waals surface area contributed by atoms with Gasteiger partial charge >= 0.3 is 0 Å². The van der Waals surface area contributed by atoms with E-state index < -0.39 is 5.54 Å². The molecule has 1 aliphatic heterocycles. The molecule has 0 unspecified atom stereocenters. The Hall–Kier alpha value is -3.35. The topological polar surface area (TPSA) is 80.4 Å². The van der Waals surface area contributed by atoms with Crippen LogP contribution < -0.4 is 5.32 Å². The van der Waals surface area contributed by atoms with Crippen LogP contribution in [-0.2, 0) is 24.3 Å². The Kier molecular flexibility index (Phi) is 6.99. The lowest BCUT2D eigenvalue weighted by molar-refractivity contribution is -0.134. The third-order valence-corrected chi connectivity index (χ3v) is 7.78. The van der Waals surface area contributed by atoms with Crippen molar-refractivity contribution in [2.75, 3.05) is 0 Å². The summed E-state index contributed by atoms with van der Waals surface area (Å²) in [5, 5.41) is 8.08. The average Bonchev–Trinajstić information content (AvgIpc) is 3.53. The largest absolute Gasteiger partial charge is 0.467 e. The van der Waals surface area contributed by atoms with Crippen molar-refractivity contribution in [3.05, 3.63) is 65.7 Å². The fourth-order valence-corrected chi connectivity index (χ4v) is 5.44. The number of hydrogen-bond donors (Lipinski definition) is 1. The number of furan rings is 1. The van der Waals surface area contributed by atoms with Gasteiger partial charge in [0.15, 0.2) is 0 Å². The molecule has 3 aromatic rings. The minimum Gasteiger partial charge on any atom is -0.467 e. The number of carbonyl (C=O) groups is 2. The van der Waals surface area contributed by atoms with Crippen molar-refractivity contribution in [1.29, 1.82) is 0 Å². The van der Waals surface area contributed by atoms with Crippen LogP contribution in [0.5, 0.6) is 0 Å². The highest BCUT2D eigenvalue weighted by atomic mass is 16.3. The van der Waals surface area contributed by atoms with E-state index in [9.17, 15) is 9.59 Å². The highest BCUT2D eigenvalue weighted by molar-refractivity contribution is 6.00. The van der Waals surface area contributed by atoms with Crippen molar-refractivity contribution >= 4 is 11.8 Å². The highest BCUT2D eigenvalue weighted by Crippen LogP contribution is 2.32. The van der Waals surface area contributed by atoms with E-state index in [1.807, 2.05) is 31.2 Å². The molecule has 3 heterocycles. The van der Waals surface area contributed by atoms with E-state index in [0.29, 0.717) is 18.0 Å². The van der Waals surface area contributed by atoms with Gasteiger partial charge in [0.1, 0.15) is 17.0 Å². The van der Waals surface area contributed by atoms with Gasteiger partial charge in [-0.05, 0) is 49.9 Å². The van der Waals surface area contributed by atoms with Gasteiger partial charge in [-0.3, -0.25) is 14.3 Å². The third-order valence-electron chi connectivity index (χ3n) is 7.78. The van der Waals surface area contributed by atoms with Gasteiger partial charge in [-0.25, -0.2) is 0 Å². The molecule has 0 saturated heterocycles. The van der Waals surface area contributed by atoms with Crippen LogP contribution in [0, 0.1) is 0 Å². The summed E-state index contributed by atoms with van der Waals surface area (Å²) in [5.74, 6) is 0.316. The molecule has 2 aliphatic rings. The fourth-order valence-electron chi connectivity index (χ4n) is 5.44. The van der Waals surface area contributed by atoms with Gasteiger partial charge in [0.05, 0.1) is 25.0 Å². The molecule has 7 heteroatoms. The van der Waals surface area contributed by atoms with E-state index in [2.05, 4.69) is 24.4 Å². The van der Waals surface area contributed by atoms with E-state index in [4.69, 9.17) is 9.52 Å². The molecular formula is C29H36N4O3. The first kappa shape index (κ1) is 24.3. The number of nitrogens with one attached hydrogen (secondary N) is 1. The quantitative estimate of drug-likeness (QED) is 0.507. The molecule has 1 saturated carbocycles. The van der Waals surface area contributed by atoms with Crippen molar-refractivity contribution in [2.24, 2.45) is 0 Å². The molecular weight excluding hydrogens is 452 g/mol. The van der Waals surface area contributed by atoms with Crippen molar-refractivity contribution in [2.45, 2.75) is 89.9 Å². The molecule has 2 aromatic heterocycles. The monoisotopic (exact) mass is 488 g/mol. The van der Waals surface area contributed by atoms with E-state index >= 15 is 0 Å². The predicted molar refractivity (Wildman–Crippen MR) is 138 cm³/mol. The second kappa shape index (κ2) is 10.3. The van der Waals surface area contributed by atoms with E-state index in [-0.39, 0.29) is 24.4 Å². The summed E-state index contributed by atoms with van der Waals surface area (Å²) in [6.45, 7) is 4.50. The van der Waals surface area contributed by atoms with E-state index in [1.54, 1.807) is 21.9 Å². The molecule has 190 valence electrons. The van der Waals surface area contributed by atoms with Crippen LogP contribution in [0.2, 0.25) is 0 Å². The maximum atomic E-state index is 13.9. The number of aryl methyl sites for hydroxylation is 1. The number of aromatic nitrogens is 2. The Bertz CT molecular complexity index is 1190. The number of rotatable bonds is 6. The van der Waals surface area contributed by atoms with Gasteiger partial charge in [-0.15, -0.1) is 0 Å². The zero-order valence-electron chi connectivity index (χ0n) is 21.3. The van der Waals surface area contributed by atoms with Crippen molar-refractivity contribution < 1.29 is 14.0 Å². The van der Waals surface area contributed by atoms with Crippen LogP contribution >= 0.6 is 0 Å². The van der Waals surface area contributed by atoms with Gasteiger partial charge in [-0.2, -0.15) is 5.10 Å². The lowest BCUT2D eigenvalue weighted by atomic mass is 9.92. The van der Waals surface area contributed by atoms with Gasteiger partial charge in [-0.1, -0.05) is 63.3 Å². The molecule has 1 atom stereocenters. The number of benzene rings is 1. The summed E-state index contributed by atoms with van der Waals surface area (Å²) in [7, 11) is 0. The third kappa shape index (κ3) is 4.84. The summed E-state index contributed by atoms with van der Waals surface area (Å²) in [4.78, 5) is 29.4. The zero-order chi connectivity index (χ0) is 25.1. The van der Waals surface area contributed by atoms with Gasteiger partial charge in [0.2, 0.25) is 5.91 Å². The fraction of sp³-hybridized carbons (Fsp3) is 0.483. The van der Waals surface area contributed by atoms with Crippen LogP contribution in [0.4, 0.5) is 0 Å². The molecule has 36 heavy (non-hydrogen) atoms. The Labute approximate surface area is 212 Å². The lowest BCUT2D eigenvalue weighted by Gasteiger charge is -2.43. The summed E-state index contributed by atoms with van der Waals surface area (Å²) in [6.07, 6.45) is 10.5. The second-order valence-corrected chi connectivity index (χ2v) is 10.4. The van der Waals surface area contributed by atoms with Crippen molar-refractivity contribution in [1.82, 2.24) is 20.0 Å². The summed E-state index contributed by atoms with van der Waals surface area (Å²) in [5.41, 5.74) is 2.35. The maximum absolute atomic E-state index is 13.9. The standard InChI is InChI=1S/C29H36N4O3/c1-3-21-13-15-22(16-14-21)25-18-26-27(34)32(19-24-12-9-17-36-24)29(2,20-33(26)31-25)28(35)30-23-10-7-5-4-6-8-11-23/h9,12-18,23H,3-8,10-11,19-20H2,1-2H3,(H,30,35)/t29-/m0/s1. The molecule has 1 N–H and O–H groups in total. The number of amides is 2. The van der Waals surface area contributed by atoms with Gasteiger partial charge in [0, 0.05) is 11.6 Å². The van der Waals surface area contributed by atoms with E-state index in [0.717, 1.165) is 43.4 Å². The first-order chi connectivity index (χ1) is 17.5. The predicted octanol–water partition coefficient (Wildman–Crippen LogP) is 5.35. The Balaban J connectivity index is 1.46. The molecule has 0 radical (unpaired) electrons. The first-order valence-electron chi connectivity index (χ1n) is 13.3. The lowest BCUT2D eigenvalue weighted by Crippen LogP contribution is -2.64. The summed E-state index contributed by atoms with van der Waals surface area (Å²) in [6, 6.07) is 13.9. The van der Waals surface area contributed by atoms with Crippen molar-refractivity contribution in [3.8, 4) is 11.3 Å². The number of fused-ring (bicyclic) bond motifs is 1. The molecule has 0 spiro atoms. The molecule has 5 rings (SSSR count). The van der Waals surface area contributed by atoms with Crippen LogP contribution in [0.1, 0.15) is 80.6 Å². The van der Waals surface area contributed by atoms with E-state index in [1.165, 1.54) is 24.8 Å². The Morgan fingerprint density at radius 1 is 1.11 bits per heavy atom. The number of hydrogen-bond acceptors (Lipinski definition) is 4. The maximum Gasteiger partial charge on any atom is 0.273 e. The van der Waals surface area contributed by atoms with Gasteiger partial charge in [0.25, 0.3) is 5.91 Å². The molecule has 1 aromatic carbocycles. The van der Waals surface area contributed by atoms with Crippen molar-refractivity contribution in [3.63, 3.8) is 0 Å². The highest BCUT2D eigenvalue weighted by Gasteiger charge is 2.48. The summed E-state index contributed by atoms with van der Waals surface area (Å²) < 4.78 is 7.28. The molecule has 1 aliphatic carbocycles. The molecule has 7 nitrogen and oxygen atoms in total. The minimum absolute atomic E-state index is 0.122. The zero-order valence-corrected chi connectivity index (χ0v) is 21.3. The minimum atomic E-state index is -1.09. The average molecular weight is 489 g/mol. The van der Waals surface area contributed by atoms with Crippen LogP contribution in [0.3, 0.4) is 0 Å². The SMILES string of the molecule is CCc1ccc(-c2cc3n(n2)C[C@@](C)(C(=O)NC2CCCCCCC2)N(Cc2ccco2)C3=O)cc1. The second-order valence-electron chi connectivity index (χ2n) is 10.4. The van der Waals surface area contributed by atoms with Crippen LogP contribution in [0.25, 0.3) is 11.3 Å². The normalized spacial score (nSPS) is 21.1. The Morgan fingerprint density at radius 2 is 1.83 bits per heavy atom. The molecule has 0 bridgehead atoms. The smallest absolute Gasteiger partial charge is 0.273 e. The van der Waals surface area contributed by atoms with Gasteiger partial charge < -0.3 is 14.6 Å². The number of carbonyl (C=O) groups excluding carboxylic acids is 2. The Morgan fingerprint density at radius 3 is 2.50 bits per heavy atom. The molecule has 1 fully saturated rings. The first-order valence-corrected chi connectivity index (χ1v) is 13.3. The van der Waals surface area contributed by atoms with Crippen LogP contribution in [-0.4, -0.2) is 38.1 Å². The molecule has 2 amide bonds. The summed E-state index contributed by atoms with van der Waals surface area (Å²) >= 11 is 0. The van der Waals surface area contributed by atoms with Crippen LogP contribution in [0.15, 0.2) is 53.1 Å².